The number of aromatic nitrogens is 5. The zero-order chi connectivity index (χ0) is 25.2. The van der Waals surface area contributed by atoms with Gasteiger partial charge in [0, 0.05) is 30.6 Å². The van der Waals surface area contributed by atoms with Gasteiger partial charge >= 0.3 is 0 Å². The van der Waals surface area contributed by atoms with Gasteiger partial charge in [0.1, 0.15) is 23.1 Å². The number of likely N-dealkylation sites (N-methyl/N-ethyl adjacent to an activating group) is 1. The first-order valence-electron chi connectivity index (χ1n) is 11.5. The fourth-order valence-electron chi connectivity index (χ4n) is 5.22. The van der Waals surface area contributed by atoms with E-state index in [-0.39, 0.29) is 33.5 Å². The van der Waals surface area contributed by atoms with Gasteiger partial charge < -0.3 is 5.32 Å². The van der Waals surface area contributed by atoms with E-state index in [1.54, 1.807) is 10.6 Å². The van der Waals surface area contributed by atoms with Crippen molar-refractivity contribution in [3.05, 3.63) is 93.4 Å². The standard InChI is InChI=1S/C26H23ClFN7O/c1-26(2)14-33(3)21(15-7-4-5-8-17(15)26)31-24-30-13-16-22(32-24)34-12-11-29-25(34)35(23(16)36)20-18(27)9-6-10-19(20)28/h4-13,21H,14H2,1-3H3,(H,30,31,32). The van der Waals surface area contributed by atoms with Gasteiger partial charge in [0.15, 0.2) is 5.65 Å². The molecule has 5 aromatic rings. The maximum Gasteiger partial charge on any atom is 0.270 e. The Hall–Kier alpha value is -3.82. The second-order valence-electron chi connectivity index (χ2n) is 9.67. The highest BCUT2D eigenvalue weighted by Crippen LogP contribution is 2.38. The molecule has 8 nitrogen and oxygen atoms in total. The van der Waals surface area contributed by atoms with Crippen molar-refractivity contribution in [3.8, 4) is 5.69 Å². The molecule has 6 rings (SSSR count). The molecule has 1 N–H and O–H groups in total. The highest BCUT2D eigenvalue weighted by atomic mass is 35.5. The third-order valence-corrected chi connectivity index (χ3v) is 7.05. The van der Waals surface area contributed by atoms with Crippen LogP contribution in [0.2, 0.25) is 5.02 Å². The Morgan fingerprint density at radius 2 is 1.94 bits per heavy atom. The van der Waals surface area contributed by atoms with E-state index in [9.17, 15) is 9.18 Å². The minimum absolute atomic E-state index is 0.00416. The number of nitrogens with zero attached hydrogens (tertiary/aromatic N) is 6. The summed E-state index contributed by atoms with van der Waals surface area (Å²) < 4.78 is 17.5. The molecule has 1 atom stereocenters. The van der Waals surface area contributed by atoms with Crippen LogP contribution in [0.15, 0.2) is 65.8 Å². The maximum absolute atomic E-state index is 14.8. The van der Waals surface area contributed by atoms with E-state index in [1.165, 1.54) is 36.2 Å². The van der Waals surface area contributed by atoms with Crippen LogP contribution in [-0.4, -0.2) is 42.4 Å². The molecule has 10 heteroatoms. The van der Waals surface area contributed by atoms with Crippen LogP contribution in [0.25, 0.3) is 22.5 Å². The molecule has 2 aromatic carbocycles. The number of benzene rings is 2. The summed E-state index contributed by atoms with van der Waals surface area (Å²) in [6, 6.07) is 12.6. The highest BCUT2D eigenvalue weighted by Gasteiger charge is 2.36. The molecule has 0 saturated heterocycles. The predicted octanol–water partition coefficient (Wildman–Crippen LogP) is 4.55. The number of nitrogens with one attached hydrogen (secondary N) is 1. The van der Waals surface area contributed by atoms with Crippen molar-refractivity contribution in [3.63, 3.8) is 0 Å². The van der Waals surface area contributed by atoms with Gasteiger partial charge in [-0.2, -0.15) is 4.98 Å². The van der Waals surface area contributed by atoms with Gasteiger partial charge in [0.25, 0.3) is 5.56 Å². The Morgan fingerprint density at radius 3 is 2.75 bits per heavy atom. The lowest BCUT2D eigenvalue weighted by Gasteiger charge is -2.43. The fraction of sp³-hybridized carbons (Fsp3) is 0.231. The van der Waals surface area contributed by atoms with Crippen LogP contribution in [-0.2, 0) is 5.41 Å². The Kier molecular flexibility index (Phi) is 5.10. The van der Waals surface area contributed by atoms with E-state index in [2.05, 4.69) is 64.3 Å². The average molecular weight is 504 g/mol. The first-order chi connectivity index (χ1) is 17.3. The summed E-state index contributed by atoms with van der Waals surface area (Å²) in [6.45, 7) is 5.30. The zero-order valence-electron chi connectivity index (χ0n) is 19.9. The van der Waals surface area contributed by atoms with Crippen LogP contribution in [0.4, 0.5) is 10.3 Å². The number of rotatable bonds is 3. The largest absolute Gasteiger partial charge is 0.335 e. The summed E-state index contributed by atoms with van der Waals surface area (Å²) in [4.78, 5) is 29.2. The molecule has 1 unspecified atom stereocenters. The monoisotopic (exact) mass is 503 g/mol. The smallest absolute Gasteiger partial charge is 0.270 e. The Labute approximate surface area is 211 Å². The lowest BCUT2D eigenvalue weighted by Crippen LogP contribution is -2.45. The van der Waals surface area contributed by atoms with Crippen LogP contribution < -0.4 is 10.9 Å². The summed E-state index contributed by atoms with van der Waals surface area (Å²) in [7, 11) is 2.06. The van der Waals surface area contributed by atoms with Crippen molar-refractivity contribution >= 4 is 34.4 Å². The van der Waals surface area contributed by atoms with E-state index in [0.717, 1.165) is 16.7 Å². The predicted molar refractivity (Wildman–Crippen MR) is 137 cm³/mol. The molecular weight excluding hydrogens is 481 g/mol. The van der Waals surface area contributed by atoms with E-state index in [0.29, 0.717) is 11.6 Å². The molecule has 0 aliphatic carbocycles. The third kappa shape index (κ3) is 3.38. The van der Waals surface area contributed by atoms with Crippen molar-refractivity contribution in [1.82, 2.24) is 28.8 Å². The molecule has 3 aromatic heterocycles. The SMILES string of the molecule is CN1CC(C)(C)c2ccccc2C1Nc1ncc2c(=O)n(-c3c(F)cccc3Cl)c3nccn3c2n1. The topological polar surface area (TPSA) is 80.4 Å². The number of imidazole rings is 1. The van der Waals surface area contributed by atoms with E-state index >= 15 is 0 Å². The number of halogens is 2. The summed E-state index contributed by atoms with van der Waals surface area (Å²) in [5.41, 5.74) is 2.20. The molecular formula is C26H23ClFN7O. The van der Waals surface area contributed by atoms with Crippen LogP contribution in [0.3, 0.4) is 0 Å². The Morgan fingerprint density at radius 1 is 1.14 bits per heavy atom. The summed E-state index contributed by atoms with van der Waals surface area (Å²) in [5, 5.41) is 3.75. The van der Waals surface area contributed by atoms with Crippen LogP contribution >= 0.6 is 11.6 Å². The van der Waals surface area contributed by atoms with Gasteiger partial charge in [-0.05, 0) is 30.3 Å². The second-order valence-corrected chi connectivity index (χ2v) is 10.1. The molecule has 182 valence electrons. The molecule has 0 fully saturated rings. The van der Waals surface area contributed by atoms with Crippen LogP contribution in [0, 0.1) is 5.82 Å². The molecule has 0 bridgehead atoms. The third-order valence-electron chi connectivity index (χ3n) is 6.75. The number of anilines is 1. The first kappa shape index (κ1) is 22.6. The van der Waals surface area contributed by atoms with Crippen molar-refractivity contribution in [2.24, 2.45) is 0 Å². The van der Waals surface area contributed by atoms with Crippen molar-refractivity contribution in [2.45, 2.75) is 25.4 Å². The Balaban J connectivity index is 1.50. The van der Waals surface area contributed by atoms with Gasteiger partial charge in [0.05, 0.1) is 5.02 Å². The average Bonchev–Trinajstić information content (AvgIpc) is 3.33. The van der Waals surface area contributed by atoms with Crippen molar-refractivity contribution in [2.75, 3.05) is 18.9 Å². The number of hydrogen-bond acceptors (Lipinski definition) is 6. The van der Waals surface area contributed by atoms with Gasteiger partial charge in [-0.15, -0.1) is 0 Å². The fourth-order valence-corrected chi connectivity index (χ4v) is 5.47. The molecule has 0 saturated carbocycles. The van der Waals surface area contributed by atoms with Crippen LogP contribution in [0.1, 0.15) is 31.1 Å². The van der Waals surface area contributed by atoms with Gasteiger partial charge in [-0.3, -0.25) is 14.1 Å². The molecule has 0 amide bonds. The number of fused-ring (bicyclic) bond motifs is 4. The van der Waals surface area contributed by atoms with Gasteiger partial charge in [-0.25, -0.2) is 18.9 Å². The molecule has 1 aliphatic heterocycles. The van der Waals surface area contributed by atoms with Gasteiger partial charge in [0.2, 0.25) is 11.7 Å². The lowest BCUT2D eigenvalue weighted by molar-refractivity contribution is 0.193. The first-order valence-corrected chi connectivity index (χ1v) is 11.9. The molecule has 1 aliphatic rings. The molecule has 36 heavy (non-hydrogen) atoms. The van der Waals surface area contributed by atoms with E-state index in [4.69, 9.17) is 11.6 Å². The summed E-state index contributed by atoms with van der Waals surface area (Å²) >= 11 is 6.28. The highest BCUT2D eigenvalue weighted by molar-refractivity contribution is 6.32. The maximum atomic E-state index is 14.8. The lowest BCUT2D eigenvalue weighted by atomic mass is 9.77. The second kappa shape index (κ2) is 8.11. The van der Waals surface area contributed by atoms with Gasteiger partial charge in [-0.1, -0.05) is 55.8 Å². The molecule has 0 spiro atoms. The Bertz CT molecular complexity index is 1690. The molecule has 4 heterocycles. The summed E-state index contributed by atoms with van der Waals surface area (Å²) in [5.74, 6) is -0.0639. The minimum Gasteiger partial charge on any atom is -0.335 e. The minimum atomic E-state index is -0.630. The van der Waals surface area contributed by atoms with E-state index in [1.807, 2.05) is 6.07 Å². The number of hydrogen-bond donors (Lipinski definition) is 1. The normalized spacial score (nSPS) is 17.4. The van der Waals surface area contributed by atoms with E-state index < -0.39 is 11.4 Å². The van der Waals surface area contributed by atoms with Crippen molar-refractivity contribution < 1.29 is 4.39 Å². The quantitative estimate of drug-likeness (QED) is 0.389. The van der Waals surface area contributed by atoms with Crippen molar-refractivity contribution in [1.29, 1.82) is 0 Å². The zero-order valence-corrected chi connectivity index (χ0v) is 20.7. The number of para-hydroxylation sites is 1. The molecule has 0 radical (unpaired) electrons. The van der Waals surface area contributed by atoms with Crippen LogP contribution in [0.5, 0.6) is 0 Å². The summed E-state index contributed by atoms with van der Waals surface area (Å²) in [6.07, 6.45) is 4.50.